The zero-order valence-corrected chi connectivity index (χ0v) is 21.3. The third-order valence-electron chi connectivity index (χ3n) is 4.61. The van der Waals surface area contributed by atoms with Gasteiger partial charge >= 0.3 is 17.9 Å². The van der Waals surface area contributed by atoms with Crippen LogP contribution in [0.25, 0.3) is 10.8 Å². The van der Waals surface area contributed by atoms with Gasteiger partial charge in [-0.15, -0.1) is 29.7 Å². The van der Waals surface area contributed by atoms with Gasteiger partial charge in [0.15, 0.2) is 0 Å². The predicted octanol–water partition coefficient (Wildman–Crippen LogP) is 6.71. The molecule has 0 radical (unpaired) electrons. The Morgan fingerprint density at radius 2 is 0.784 bits per heavy atom. The Labute approximate surface area is 229 Å². The van der Waals surface area contributed by atoms with E-state index in [1.165, 1.54) is 10.8 Å². The summed E-state index contributed by atoms with van der Waals surface area (Å²) in [5.74, 6) is -2.64. The van der Waals surface area contributed by atoms with Crippen LogP contribution in [0.5, 0.6) is 0 Å². The fourth-order valence-corrected chi connectivity index (χ4v) is 2.81. The molecular formula is C30H25O6Ti-. The van der Waals surface area contributed by atoms with Crippen molar-refractivity contribution in [3.8, 4) is 0 Å². The number of aromatic carboxylic acids is 3. The first-order chi connectivity index (χ1) is 17.4. The maximum atomic E-state index is 10.2. The van der Waals surface area contributed by atoms with Gasteiger partial charge in [0.2, 0.25) is 0 Å². The maximum absolute atomic E-state index is 10.2. The SMILES string of the molecule is O=C(O)c1ccccc1.O=C(O)c1ccccc1.O=C(O)c1ccccc1.[Ti].c1ccc2[cH-]ccc2c1. The predicted molar refractivity (Wildman–Crippen MR) is 140 cm³/mol. The molecule has 7 heteroatoms. The van der Waals surface area contributed by atoms with Crippen molar-refractivity contribution in [2.24, 2.45) is 0 Å². The number of hydrogen-bond donors (Lipinski definition) is 3. The molecule has 0 aliphatic heterocycles. The Kier molecular flexibility index (Phi) is 14.2. The molecule has 6 nitrogen and oxygen atoms in total. The molecule has 0 saturated carbocycles. The van der Waals surface area contributed by atoms with E-state index in [-0.39, 0.29) is 21.7 Å². The largest absolute Gasteiger partial charge is 0.478 e. The quantitative estimate of drug-likeness (QED) is 0.177. The van der Waals surface area contributed by atoms with E-state index in [0.29, 0.717) is 16.7 Å². The third-order valence-corrected chi connectivity index (χ3v) is 4.61. The molecule has 3 N–H and O–H groups in total. The number of carboxylic acid groups (broad SMARTS) is 3. The monoisotopic (exact) mass is 529 g/mol. The van der Waals surface area contributed by atoms with Crippen LogP contribution in [0.2, 0.25) is 0 Å². The summed E-state index contributed by atoms with van der Waals surface area (Å²) >= 11 is 0. The van der Waals surface area contributed by atoms with E-state index >= 15 is 0 Å². The summed E-state index contributed by atoms with van der Waals surface area (Å²) < 4.78 is 0. The molecule has 0 bridgehead atoms. The van der Waals surface area contributed by atoms with Gasteiger partial charge < -0.3 is 15.3 Å². The zero-order chi connectivity index (χ0) is 26.2. The van der Waals surface area contributed by atoms with Gasteiger partial charge in [0.1, 0.15) is 0 Å². The van der Waals surface area contributed by atoms with Crippen LogP contribution in [0.1, 0.15) is 31.1 Å². The van der Waals surface area contributed by atoms with Gasteiger partial charge in [0.05, 0.1) is 16.7 Å². The molecule has 0 heterocycles. The molecule has 0 amide bonds. The molecule has 0 saturated heterocycles. The second-order valence-corrected chi connectivity index (χ2v) is 7.17. The zero-order valence-electron chi connectivity index (χ0n) is 19.8. The van der Waals surface area contributed by atoms with Crippen LogP contribution in [0.15, 0.2) is 133 Å². The molecule has 0 atom stereocenters. The summed E-state index contributed by atoms with van der Waals surface area (Å²) in [6.07, 6.45) is 0. The Balaban J connectivity index is 0.000000244. The first kappa shape index (κ1) is 30.6. The number of benzene rings is 4. The van der Waals surface area contributed by atoms with Gasteiger partial charge in [-0.25, -0.2) is 14.4 Å². The van der Waals surface area contributed by atoms with Crippen LogP contribution in [0.3, 0.4) is 0 Å². The summed E-state index contributed by atoms with van der Waals surface area (Å²) in [7, 11) is 0. The first-order valence-corrected chi connectivity index (χ1v) is 10.8. The third kappa shape index (κ3) is 11.7. The van der Waals surface area contributed by atoms with E-state index < -0.39 is 17.9 Å². The Bertz CT molecular complexity index is 1200. The van der Waals surface area contributed by atoms with Crippen LogP contribution in [-0.2, 0) is 21.7 Å². The minimum atomic E-state index is -0.879. The van der Waals surface area contributed by atoms with E-state index in [2.05, 4.69) is 42.5 Å². The van der Waals surface area contributed by atoms with Crippen LogP contribution in [0.4, 0.5) is 0 Å². The summed E-state index contributed by atoms with van der Waals surface area (Å²) in [6.45, 7) is 0. The normalized spacial score (nSPS) is 8.97. The van der Waals surface area contributed by atoms with E-state index in [4.69, 9.17) is 15.3 Å². The molecule has 0 aliphatic carbocycles. The molecule has 5 aromatic rings. The van der Waals surface area contributed by atoms with E-state index in [1.54, 1.807) is 91.0 Å². The average molecular weight is 529 g/mol. The molecule has 0 spiro atoms. The van der Waals surface area contributed by atoms with Gasteiger partial charge in [0, 0.05) is 21.7 Å². The molecular weight excluding hydrogens is 504 g/mol. The van der Waals surface area contributed by atoms with E-state index in [9.17, 15) is 14.4 Å². The van der Waals surface area contributed by atoms with E-state index in [1.807, 2.05) is 0 Å². The minimum absolute atomic E-state index is 0. The van der Waals surface area contributed by atoms with Crippen LogP contribution in [-0.4, -0.2) is 33.2 Å². The molecule has 0 aliphatic rings. The van der Waals surface area contributed by atoms with Crippen LogP contribution < -0.4 is 0 Å². The van der Waals surface area contributed by atoms with Crippen LogP contribution >= 0.6 is 0 Å². The fourth-order valence-electron chi connectivity index (χ4n) is 2.81. The molecule has 0 aromatic heterocycles. The summed E-state index contributed by atoms with van der Waals surface area (Å²) in [5, 5.41) is 27.8. The number of rotatable bonds is 3. The Hall–Kier alpha value is -4.39. The molecule has 5 aromatic carbocycles. The van der Waals surface area contributed by atoms with Crippen LogP contribution in [0, 0.1) is 0 Å². The second-order valence-electron chi connectivity index (χ2n) is 7.17. The Morgan fingerprint density at radius 3 is 1.08 bits per heavy atom. The maximum Gasteiger partial charge on any atom is 0.335 e. The van der Waals surface area contributed by atoms with Crippen molar-refractivity contribution in [3.63, 3.8) is 0 Å². The first-order valence-electron chi connectivity index (χ1n) is 10.8. The fraction of sp³-hybridized carbons (Fsp3) is 0. The van der Waals surface area contributed by atoms with Crippen molar-refractivity contribution in [1.82, 2.24) is 0 Å². The summed E-state index contributed by atoms with van der Waals surface area (Å²) in [5.41, 5.74) is 0.993. The number of carbonyl (C=O) groups is 3. The van der Waals surface area contributed by atoms with Crippen molar-refractivity contribution in [2.75, 3.05) is 0 Å². The average Bonchev–Trinajstić information content (AvgIpc) is 3.40. The Morgan fingerprint density at radius 1 is 0.459 bits per heavy atom. The molecule has 37 heavy (non-hydrogen) atoms. The molecule has 0 unspecified atom stereocenters. The summed E-state index contributed by atoms with van der Waals surface area (Å²) in [4.78, 5) is 30.6. The topological polar surface area (TPSA) is 112 Å². The van der Waals surface area contributed by atoms with Crippen molar-refractivity contribution >= 4 is 28.7 Å². The molecule has 5 rings (SSSR count). The molecule has 0 fully saturated rings. The number of fused-ring (bicyclic) bond motifs is 1. The standard InChI is InChI=1S/C9H7.3C7H6O2.Ti/c1-2-5-9-7-3-6-8(9)4-1;3*8-7(9)6-4-2-1-3-5-6;/h1-7H;3*1-5H,(H,8,9);/q-1;;;;. The van der Waals surface area contributed by atoms with Crippen molar-refractivity contribution in [3.05, 3.63) is 150 Å². The second kappa shape index (κ2) is 17.1. The van der Waals surface area contributed by atoms with Crippen molar-refractivity contribution in [1.29, 1.82) is 0 Å². The molecule has 186 valence electrons. The minimum Gasteiger partial charge on any atom is -0.478 e. The van der Waals surface area contributed by atoms with E-state index in [0.717, 1.165) is 0 Å². The smallest absolute Gasteiger partial charge is 0.335 e. The number of carboxylic acids is 3. The summed E-state index contributed by atoms with van der Waals surface area (Å²) in [6, 6.07) is 39.6. The number of hydrogen-bond acceptors (Lipinski definition) is 3. The van der Waals surface area contributed by atoms with Gasteiger partial charge in [-0.05, 0) is 36.4 Å². The van der Waals surface area contributed by atoms with Gasteiger partial charge in [-0.2, -0.15) is 17.5 Å². The van der Waals surface area contributed by atoms with Crippen molar-refractivity contribution in [2.45, 2.75) is 0 Å². The van der Waals surface area contributed by atoms with Gasteiger partial charge in [-0.3, -0.25) is 0 Å². The van der Waals surface area contributed by atoms with Crippen molar-refractivity contribution < 1.29 is 51.4 Å². The van der Waals surface area contributed by atoms with Gasteiger partial charge in [0.25, 0.3) is 0 Å². The van der Waals surface area contributed by atoms with Gasteiger partial charge in [-0.1, -0.05) is 60.7 Å².